The zero-order valence-electron chi connectivity index (χ0n) is 18.3. The molecule has 1 heterocycles. The number of ether oxygens (including phenoxy) is 3. The van der Waals surface area contributed by atoms with E-state index in [2.05, 4.69) is 5.32 Å². The van der Waals surface area contributed by atoms with Crippen molar-refractivity contribution in [1.29, 1.82) is 0 Å². The molecule has 1 unspecified atom stereocenters. The van der Waals surface area contributed by atoms with Crippen LogP contribution in [0, 0.1) is 5.92 Å². The van der Waals surface area contributed by atoms with Crippen LogP contribution in [0.5, 0.6) is 17.2 Å². The number of carbonyl (C=O) groups excluding carboxylic acids is 1. The van der Waals surface area contributed by atoms with Crippen molar-refractivity contribution in [2.24, 2.45) is 5.92 Å². The van der Waals surface area contributed by atoms with E-state index in [1.54, 1.807) is 31.4 Å². The lowest BCUT2D eigenvalue weighted by Crippen LogP contribution is -2.43. The third-order valence-corrected chi connectivity index (χ3v) is 7.42. The molecule has 0 radical (unpaired) electrons. The smallest absolute Gasteiger partial charge is 0.243 e. The number of anilines is 1. The molecule has 0 aromatic heterocycles. The lowest BCUT2D eigenvalue weighted by molar-refractivity contribution is -0.120. The molecule has 10 heteroatoms. The molecule has 1 aliphatic rings. The van der Waals surface area contributed by atoms with Crippen LogP contribution in [0.3, 0.4) is 0 Å². The summed E-state index contributed by atoms with van der Waals surface area (Å²) in [6, 6.07) is 9.47. The van der Waals surface area contributed by atoms with E-state index in [4.69, 9.17) is 25.8 Å². The van der Waals surface area contributed by atoms with Crippen molar-refractivity contribution in [3.8, 4) is 17.2 Å². The Morgan fingerprint density at radius 1 is 1.16 bits per heavy atom. The second-order valence-electron chi connectivity index (χ2n) is 7.28. The fourth-order valence-corrected chi connectivity index (χ4v) is 5.43. The van der Waals surface area contributed by atoms with Crippen molar-refractivity contribution in [3.63, 3.8) is 0 Å². The van der Waals surface area contributed by atoms with Crippen molar-refractivity contribution >= 4 is 33.2 Å². The molecule has 0 spiro atoms. The maximum atomic E-state index is 13.2. The number of amides is 1. The number of nitrogens with zero attached hydrogens (tertiary/aromatic N) is 1. The predicted molar refractivity (Wildman–Crippen MR) is 122 cm³/mol. The first-order valence-electron chi connectivity index (χ1n) is 10.3. The first kappa shape index (κ1) is 24.2. The van der Waals surface area contributed by atoms with Crippen LogP contribution in [-0.4, -0.2) is 52.5 Å². The van der Waals surface area contributed by atoms with Crippen LogP contribution in [0.15, 0.2) is 41.3 Å². The second kappa shape index (κ2) is 10.4. The Kier molecular flexibility index (Phi) is 7.86. The van der Waals surface area contributed by atoms with Gasteiger partial charge in [0.2, 0.25) is 15.9 Å². The summed E-state index contributed by atoms with van der Waals surface area (Å²) in [7, 11) is -0.761. The fraction of sp³-hybridized carbons (Fsp3) is 0.409. The van der Waals surface area contributed by atoms with Gasteiger partial charge in [-0.1, -0.05) is 11.6 Å². The fourth-order valence-electron chi connectivity index (χ4n) is 3.57. The highest BCUT2D eigenvalue weighted by Crippen LogP contribution is 2.32. The zero-order valence-corrected chi connectivity index (χ0v) is 19.8. The third kappa shape index (κ3) is 5.28. The van der Waals surface area contributed by atoms with Gasteiger partial charge in [-0.3, -0.25) is 4.79 Å². The van der Waals surface area contributed by atoms with Gasteiger partial charge in [0.15, 0.2) is 0 Å². The molecule has 174 valence electrons. The van der Waals surface area contributed by atoms with Gasteiger partial charge < -0.3 is 19.5 Å². The second-order valence-corrected chi connectivity index (χ2v) is 9.63. The number of hydrogen-bond acceptors (Lipinski definition) is 6. The molecule has 1 saturated heterocycles. The van der Waals surface area contributed by atoms with Crippen LogP contribution >= 0.6 is 11.6 Å². The van der Waals surface area contributed by atoms with E-state index >= 15 is 0 Å². The van der Waals surface area contributed by atoms with Crippen molar-refractivity contribution in [2.75, 3.05) is 39.2 Å². The Balaban J connectivity index is 1.74. The van der Waals surface area contributed by atoms with Gasteiger partial charge in [0, 0.05) is 19.2 Å². The lowest BCUT2D eigenvalue weighted by Gasteiger charge is -2.31. The normalized spacial score (nSPS) is 16.9. The number of halogens is 1. The van der Waals surface area contributed by atoms with E-state index < -0.39 is 15.9 Å². The molecular formula is C22H27ClN2O6S. The number of nitrogens with one attached hydrogen (secondary N) is 1. The molecule has 0 bridgehead atoms. The summed E-state index contributed by atoms with van der Waals surface area (Å²) in [5.41, 5.74) is 0.497. The van der Waals surface area contributed by atoms with E-state index in [0.717, 1.165) is 0 Å². The highest BCUT2D eigenvalue weighted by molar-refractivity contribution is 7.89. The standard InChI is InChI=1S/C22H27ClN2O6S/c1-4-31-20-10-8-17(13-18(20)23)32(27,28)25-11-5-6-15(14-25)22(26)24-19-9-7-16(29-2)12-21(19)30-3/h7-10,12-13,15H,4-6,11,14H2,1-3H3,(H,24,26). The molecule has 8 nitrogen and oxygen atoms in total. The molecule has 1 fully saturated rings. The zero-order chi connectivity index (χ0) is 23.3. The van der Waals surface area contributed by atoms with Crippen LogP contribution < -0.4 is 19.5 Å². The highest BCUT2D eigenvalue weighted by Gasteiger charge is 2.34. The number of sulfonamides is 1. The molecule has 1 N–H and O–H groups in total. The van der Waals surface area contributed by atoms with Crippen LogP contribution in [0.1, 0.15) is 19.8 Å². The Morgan fingerprint density at radius 3 is 2.59 bits per heavy atom. The van der Waals surface area contributed by atoms with E-state index in [0.29, 0.717) is 48.9 Å². The van der Waals surface area contributed by atoms with Crippen molar-refractivity contribution < 1.29 is 27.4 Å². The maximum absolute atomic E-state index is 13.2. The van der Waals surface area contributed by atoms with E-state index in [9.17, 15) is 13.2 Å². The molecule has 0 saturated carbocycles. The average molecular weight is 483 g/mol. The molecule has 3 rings (SSSR count). The van der Waals surface area contributed by atoms with E-state index in [1.807, 2.05) is 6.92 Å². The van der Waals surface area contributed by atoms with Crippen LogP contribution in [0.25, 0.3) is 0 Å². The van der Waals surface area contributed by atoms with Crippen LogP contribution in [0.2, 0.25) is 5.02 Å². The average Bonchev–Trinajstić information content (AvgIpc) is 2.80. The minimum Gasteiger partial charge on any atom is -0.497 e. The Bertz CT molecular complexity index is 1080. The Labute approximate surface area is 193 Å². The monoisotopic (exact) mass is 482 g/mol. The van der Waals surface area contributed by atoms with Gasteiger partial charge in [-0.2, -0.15) is 4.31 Å². The highest BCUT2D eigenvalue weighted by atomic mass is 35.5. The van der Waals surface area contributed by atoms with Crippen molar-refractivity contribution in [1.82, 2.24) is 4.31 Å². The Hall–Kier alpha value is -2.49. The van der Waals surface area contributed by atoms with Crippen LogP contribution in [0.4, 0.5) is 5.69 Å². The van der Waals surface area contributed by atoms with Gasteiger partial charge >= 0.3 is 0 Å². The maximum Gasteiger partial charge on any atom is 0.243 e. The molecule has 1 amide bonds. The topological polar surface area (TPSA) is 94.2 Å². The van der Waals surface area contributed by atoms with Gasteiger partial charge in [0.05, 0.1) is 42.3 Å². The SMILES string of the molecule is CCOc1ccc(S(=O)(=O)N2CCCC(C(=O)Nc3ccc(OC)cc3OC)C2)cc1Cl. The van der Waals surface area contributed by atoms with E-state index in [1.165, 1.54) is 23.5 Å². The molecule has 2 aromatic carbocycles. The quantitative estimate of drug-likeness (QED) is 0.615. The summed E-state index contributed by atoms with van der Waals surface area (Å²) in [6.45, 7) is 2.66. The van der Waals surface area contributed by atoms with Gasteiger partial charge in [0.1, 0.15) is 17.2 Å². The van der Waals surface area contributed by atoms with Gasteiger partial charge in [0.25, 0.3) is 0 Å². The summed E-state index contributed by atoms with van der Waals surface area (Å²) in [6.07, 6.45) is 1.15. The first-order valence-corrected chi connectivity index (χ1v) is 12.1. The number of methoxy groups -OCH3 is 2. The summed E-state index contributed by atoms with van der Waals surface area (Å²) < 4.78 is 43.5. The van der Waals surface area contributed by atoms with E-state index in [-0.39, 0.29) is 22.4 Å². The largest absolute Gasteiger partial charge is 0.497 e. The van der Waals surface area contributed by atoms with Crippen molar-refractivity contribution in [3.05, 3.63) is 41.4 Å². The van der Waals surface area contributed by atoms with Crippen molar-refractivity contribution in [2.45, 2.75) is 24.7 Å². The lowest BCUT2D eigenvalue weighted by atomic mass is 9.98. The van der Waals surface area contributed by atoms with Gasteiger partial charge in [-0.15, -0.1) is 0 Å². The molecule has 1 aliphatic heterocycles. The van der Waals surface area contributed by atoms with Crippen LogP contribution in [-0.2, 0) is 14.8 Å². The number of hydrogen-bond donors (Lipinski definition) is 1. The molecule has 2 aromatic rings. The molecule has 1 atom stereocenters. The third-order valence-electron chi connectivity index (χ3n) is 5.26. The summed E-state index contributed by atoms with van der Waals surface area (Å²) in [4.78, 5) is 13.0. The minimum atomic E-state index is -3.81. The number of piperidine rings is 1. The predicted octanol–water partition coefficient (Wildman–Crippen LogP) is 3.80. The molecule has 0 aliphatic carbocycles. The number of benzene rings is 2. The van der Waals surface area contributed by atoms with Gasteiger partial charge in [-0.25, -0.2) is 8.42 Å². The number of carbonyl (C=O) groups is 1. The summed E-state index contributed by atoms with van der Waals surface area (Å²) in [5, 5.41) is 3.07. The van der Waals surface area contributed by atoms with Gasteiger partial charge in [-0.05, 0) is 50.1 Å². The first-order chi connectivity index (χ1) is 15.3. The summed E-state index contributed by atoms with van der Waals surface area (Å²) >= 11 is 6.18. The summed E-state index contributed by atoms with van der Waals surface area (Å²) in [5.74, 6) is 0.727. The Morgan fingerprint density at radius 2 is 1.94 bits per heavy atom. The minimum absolute atomic E-state index is 0.0730. The number of rotatable bonds is 8. The molecule has 32 heavy (non-hydrogen) atoms. The molecular weight excluding hydrogens is 456 g/mol.